The van der Waals surface area contributed by atoms with Gasteiger partial charge in [0.15, 0.2) is 11.6 Å². The highest BCUT2D eigenvalue weighted by Gasteiger charge is 2.36. The van der Waals surface area contributed by atoms with Crippen molar-refractivity contribution in [3.8, 4) is 11.5 Å². The molecule has 0 aromatic heterocycles. The number of benzene rings is 2. The van der Waals surface area contributed by atoms with Crippen molar-refractivity contribution < 1.29 is 24.5 Å². The second kappa shape index (κ2) is 6.80. The maximum absolute atomic E-state index is 13.0. The molecule has 0 heterocycles. The molecule has 4 N–H and O–H groups in total. The topological polar surface area (TPSA) is 110 Å². The molecule has 6 heteroatoms. The molecule has 0 saturated heterocycles. The number of carbonyl (C=O) groups is 2. The number of aliphatic hydroxyl groups is 1. The fourth-order valence-corrected chi connectivity index (χ4v) is 3.89. The van der Waals surface area contributed by atoms with Crippen LogP contribution >= 0.6 is 0 Å². The van der Waals surface area contributed by atoms with Gasteiger partial charge in [-0.05, 0) is 19.3 Å². The van der Waals surface area contributed by atoms with Crippen molar-refractivity contribution in [1.29, 1.82) is 0 Å². The van der Waals surface area contributed by atoms with Gasteiger partial charge in [-0.1, -0.05) is 36.4 Å². The first-order chi connectivity index (χ1) is 13.5. The van der Waals surface area contributed by atoms with Gasteiger partial charge in [0.25, 0.3) is 0 Å². The number of anilines is 1. The molecule has 0 spiro atoms. The molecule has 144 valence electrons. The fourth-order valence-electron chi connectivity index (χ4n) is 3.89. The zero-order valence-electron chi connectivity index (χ0n) is 15.3. The lowest BCUT2D eigenvalue weighted by atomic mass is 9.78. The predicted molar refractivity (Wildman–Crippen MR) is 104 cm³/mol. The maximum atomic E-state index is 13.0. The molecule has 2 aliphatic carbocycles. The average Bonchev–Trinajstić information content (AvgIpc) is 2.73. The summed E-state index contributed by atoms with van der Waals surface area (Å²) in [4.78, 5) is 25.7. The van der Waals surface area contributed by atoms with E-state index in [0.29, 0.717) is 6.42 Å². The molecular formula is C22H21NO5. The largest absolute Gasteiger partial charge is 0.507 e. The summed E-state index contributed by atoms with van der Waals surface area (Å²) in [6, 6.07) is 7.74. The standard InChI is InChI=1S/C22H21NO5/c23-19-16(28-12-22(11-24)8-4-1-5-9-22)10-15(25)17-18(19)21(27)14-7-3-2-6-13(14)20(17)26/h1-4,6-7,10,24-25H,5,8-9,11-12,23H2. The summed E-state index contributed by atoms with van der Waals surface area (Å²) in [5.74, 6) is -1.06. The Morgan fingerprint density at radius 1 is 1.07 bits per heavy atom. The van der Waals surface area contributed by atoms with Crippen LogP contribution in [0.1, 0.15) is 51.1 Å². The zero-order valence-corrected chi connectivity index (χ0v) is 15.3. The Labute approximate surface area is 162 Å². The van der Waals surface area contributed by atoms with Crippen LogP contribution < -0.4 is 10.5 Å². The van der Waals surface area contributed by atoms with E-state index in [4.69, 9.17) is 10.5 Å². The normalized spacial score (nSPS) is 20.6. The molecule has 0 fully saturated rings. The van der Waals surface area contributed by atoms with Crippen LogP contribution in [0.3, 0.4) is 0 Å². The molecule has 2 aliphatic rings. The van der Waals surface area contributed by atoms with Crippen LogP contribution in [-0.4, -0.2) is 35.0 Å². The van der Waals surface area contributed by atoms with Gasteiger partial charge < -0.3 is 20.7 Å². The van der Waals surface area contributed by atoms with Crippen LogP contribution in [-0.2, 0) is 0 Å². The van der Waals surface area contributed by atoms with Crippen LogP contribution in [0.25, 0.3) is 0 Å². The maximum Gasteiger partial charge on any atom is 0.198 e. The fraction of sp³-hybridized carbons (Fsp3) is 0.273. The van der Waals surface area contributed by atoms with Gasteiger partial charge in [-0.25, -0.2) is 0 Å². The van der Waals surface area contributed by atoms with Gasteiger partial charge in [0.1, 0.15) is 11.5 Å². The second-order valence-electron chi connectivity index (χ2n) is 7.42. The lowest BCUT2D eigenvalue weighted by Gasteiger charge is -2.33. The zero-order chi connectivity index (χ0) is 19.9. The molecule has 6 nitrogen and oxygen atoms in total. The summed E-state index contributed by atoms with van der Waals surface area (Å²) < 4.78 is 5.85. The van der Waals surface area contributed by atoms with Gasteiger partial charge in [-0.15, -0.1) is 0 Å². The lowest BCUT2D eigenvalue weighted by Crippen LogP contribution is -2.33. The van der Waals surface area contributed by atoms with Crippen LogP contribution in [0, 0.1) is 5.41 Å². The smallest absolute Gasteiger partial charge is 0.198 e. The Kier molecular flexibility index (Phi) is 4.43. The number of aliphatic hydroxyl groups excluding tert-OH is 1. The highest BCUT2D eigenvalue weighted by molar-refractivity contribution is 6.31. The summed E-state index contributed by atoms with van der Waals surface area (Å²) in [6.45, 7) is 0.147. The molecule has 0 radical (unpaired) electrons. The molecular weight excluding hydrogens is 358 g/mol. The van der Waals surface area contributed by atoms with Gasteiger partial charge >= 0.3 is 0 Å². The minimum absolute atomic E-state index is 0.0275. The van der Waals surface area contributed by atoms with E-state index >= 15 is 0 Å². The van der Waals surface area contributed by atoms with E-state index in [-0.39, 0.29) is 52.7 Å². The van der Waals surface area contributed by atoms with E-state index in [1.807, 2.05) is 6.08 Å². The van der Waals surface area contributed by atoms with E-state index in [0.717, 1.165) is 12.8 Å². The number of hydrogen-bond acceptors (Lipinski definition) is 6. The SMILES string of the molecule is Nc1c(OCC2(CO)CC=CCC2)cc(O)c2c1C(=O)c1ccccc1C2=O. The summed E-state index contributed by atoms with van der Waals surface area (Å²) in [5.41, 5.74) is 6.18. The monoisotopic (exact) mass is 379 g/mol. The molecule has 0 saturated carbocycles. The van der Waals surface area contributed by atoms with Crippen LogP contribution in [0.2, 0.25) is 0 Å². The number of allylic oxidation sites excluding steroid dienone is 2. The molecule has 1 unspecified atom stereocenters. The van der Waals surface area contributed by atoms with E-state index in [1.165, 1.54) is 6.07 Å². The number of hydrogen-bond donors (Lipinski definition) is 3. The van der Waals surface area contributed by atoms with Crippen molar-refractivity contribution in [2.75, 3.05) is 18.9 Å². The molecule has 2 aromatic carbocycles. The number of ether oxygens (including phenoxy) is 1. The third kappa shape index (κ3) is 2.77. The number of phenolic OH excluding ortho intramolecular Hbond substituents is 1. The number of fused-ring (bicyclic) bond motifs is 2. The predicted octanol–water partition coefficient (Wildman–Crippen LogP) is 2.85. The first-order valence-electron chi connectivity index (χ1n) is 9.20. The number of rotatable bonds is 4. The van der Waals surface area contributed by atoms with Gasteiger partial charge in [-0.2, -0.15) is 0 Å². The first kappa shape index (κ1) is 18.3. The van der Waals surface area contributed by atoms with E-state index < -0.39 is 17.0 Å². The molecule has 0 amide bonds. The van der Waals surface area contributed by atoms with Crippen molar-refractivity contribution >= 4 is 17.3 Å². The Morgan fingerprint density at radius 3 is 2.36 bits per heavy atom. The van der Waals surface area contributed by atoms with Crippen molar-refractivity contribution in [3.63, 3.8) is 0 Å². The van der Waals surface area contributed by atoms with Crippen molar-refractivity contribution in [2.24, 2.45) is 5.41 Å². The lowest BCUT2D eigenvalue weighted by molar-refractivity contribution is 0.0581. The third-order valence-corrected chi connectivity index (χ3v) is 5.61. The summed E-state index contributed by atoms with van der Waals surface area (Å²) in [5, 5.41) is 20.3. The Hall–Kier alpha value is -3.12. The number of nitrogens with two attached hydrogens (primary N) is 1. The van der Waals surface area contributed by atoms with Gasteiger partial charge in [0.2, 0.25) is 0 Å². The van der Waals surface area contributed by atoms with E-state index in [2.05, 4.69) is 6.08 Å². The van der Waals surface area contributed by atoms with Crippen LogP contribution in [0.15, 0.2) is 42.5 Å². The molecule has 28 heavy (non-hydrogen) atoms. The molecule has 0 bridgehead atoms. The molecule has 2 aromatic rings. The minimum Gasteiger partial charge on any atom is -0.507 e. The number of aromatic hydroxyl groups is 1. The average molecular weight is 379 g/mol. The minimum atomic E-state index is -0.440. The van der Waals surface area contributed by atoms with Crippen molar-refractivity contribution in [2.45, 2.75) is 19.3 Å². The Balaban J connectivity index is 1.73. The van der Waals surface area contributed by atoms with Crippen LogP contribution in [0.4, 0.5) is 5.69 Å². The van der Waals surface area contributed by atoms with E-state index in [9.17, 15) is 19.8 Å². The number of carbonyl (C=O) groups excluding carboxylic acids is 2. The number of phenols is 1. The van der Waals surface area contributed by atoms with Gasteiger partial charge in [0.05, 0.1) is 30.0 Å². The van der Waals surface area contributed by atoms with Crippen molar-refractivity contribution in [1.82, 2.24) is 0 Å². The van der Waals surface area contributed by atoms with Gasteiger partial charge in [0, 0.05) is 22.6 Å². The number of nitrogen functional groups attached to an aromatic ring is 1. The molecule has 1 atom stereocenters. The Bertz CT molecular complexity index is 1010. The quantitative estimate of drug-likeness (QED) is 0.365. The second-order valence-corrected chi connectivity index (χ2v) is 7.42. The molecule has 4 rings (SSSR count). The summed E-state index contributed by atoms with van der Waals surface area (Å²) in [6.07, 6.45) is 6.36. The van der Waals surface area contributed by atoms with Crippen LogP contribution in [0.5, 0.6) is 11.5 Å². The van der Waals surface area contributed by atoms with E-state index in [1.54, 1.807) is 24.3 Å². The third-order valence-electron chi connectivity index (χ3n) is 5.61. The Morgan fingerprint density at radius 2 is 1.75 bits per heavy atom. The van der Waals surface area contributed by atoms with Crippen molar-refractivity contribution in [3.05, 3.63) is 64.7 Å². The number of ketones is 2. The highest BCUT2D eigenvalue weighted by Crippen LogP contribution is 2.42. The summed E-state index contributed by atoms with van der Waals surface area (Å²) >= 11 is 0. The van der Waals surface area contributed by atoms with Gasteiger partial charge in [-0.3, -0.25) is 9.59 Å². The first-order valence-corrected chi connectivity index (χ1v) is 9.20. The summed E-state index contributed by atoms with van der Waals surface area (Å²) in [7, 11) is 0. The highest BCUT2D eigenvalue weighted by atomic mass is 16.5. The molecule has 0 aliphatic heterocycles.